The second-order valence-electron chi connectivity index (χ2n) is 6.32. The van der Waals surface area contributed by atoms with Crippen molar-refractivity contribution in [1.82, 2.24) is 15.1 Å². The molecule has 0 aromatic heterocycles. The van der Waals surface area contributed by atoms with E-state index in [0.29, 0.717) is 19.5 Å². The monoisotopic (exact) mass is 319 g/mol. The van der Waals surface area contributed by atoms with Gasteiger partial charge in [-0.05, 0) is 18.8 Å². The van der Waals surface area contributed by atoms with Gasteiger partial charge in [0.05, 0.1) is 0 Å². The van der Waals surface area contributed by atoms with Crippen LogP contribution in [0.3, 0.4) is 0 Å². The standard InChI is InChI=1S/C17H25N3O3/c1-4-10-19(11-5-2)14(21)12-20-15(22)17(18-16(20)23)9-7-6-8-13(17)3/h4-5,13H,1-2,6-12H2,3H3,(H,18,23). The number of hydrogen-bond acceptors (Lipinski definition) is 3. The van der Waals surface area contributed by atoms with Crippen LogP contribution >= 0.6 is 0 Å². The molecule has 6 heteroatoms. The molecule has 1 aliphatic carbocycles. The summed E-state index contributed by atoms with van der Waals surface area (Å²) in [4.78, 5) is 40.0. The number of carbonyl (C=O) groups excluding carboxylic acids is 3. The van der Waals surface area contributed by atoms with Crippen molar-refractivity contribution in [3.63, 3.8) is 0 Å². The Morgan fingerprint density at radius 3 is 2.57 bits per heavy atom. The molecule has 1 saturated heterocycles. The van der Waals surface area contributed by atoms with Crippen LogP contribution in [0.1, 0.15) is 32.6 Å². The summed E-state index contributed by atoms with van der Waals surface area (Å²) in [6.07, 6.45) is 6.75. The molecule has 2 rings (SSSR count). The topological polar surface area (TPSA) is 69.7 Å². The quantitative estimate of drug-likeness (QED) is 0.598. The molecule has 4 amide bonds. The van der Waals surface area contributed by atoms with Crippen molar-refractivity contribution in [2.45, 2.75) is 38.1 Å². The fraction of sp³-hybridized carbons (Fsp3) is 0.588. The van der Waals surface area contributed by atoms with E-state index in [1.165, 1.54) is 4.90 Å². The third-order valence-electron chi connectivity index (χ3n) is 4.85. The normalized spacial score (nSPS) is 27.0. The predicted molar refractivity (Wildman–Crippen MR) is 87.6 cm³/mol. The van der Waals surface area contributed by atoms with Crippen LogP contribution in [0.5, 0.6) is 0 Å². The van der Waals surface area contributed by atoms with E-state index in [0.717, 1.165) is 24.2 Å². The molecule has 1 saturated carbocycles. The highest BCUT2D eigenvalue weighted by Crippen LogP contribution is 2.38. The maximum absolute atomic E-state index is 12.8. The molecule has 1 spiro atoms. The molecule has 0 bridgehead atoms. The van der Waals surface area contributed by atoms with Gasteiger partial charge in [-0.2, -0.15) is 0 Å². The van der Waals surface area contributed by atoms with Gasteiger partial charge in [0.15, 0.2) is 0 Å². The van der Waals surface area contributed by atoms with E-state index in [4.69, 9.17) is 0 Å². The molecular weight excluding hydrogens is 294 g/mol. The first-order chi connectivity index (χ1) is 11.0. The second kappa shape index (κ2) is 6.98. The Balaban J connectivity index is 2.12. The number of hydrogen-bond donors (Lipinski definition) is 1. The fourth-order valence-electron chi connectivity index (χ4n) is 3.46. The Bertz CT molecular complexity index is 521. The average Bonchev–Trinajstić information content (AvgIpc) is 2.75. The summed E-state index contributed by atoms with van der Waals surface area (Å²) in [5.74, 6) is -0.459. The zero-order valence-corrected chi connectivity index (χ0v) is 13.7. The van der Waals surface area contributed by atoms with Gasteiger partial charge in [-0.25, -0.2) is 4.79 Å². The highest BCUT2D eigenvalue weighted by molar-refractivity contribution is 6.09. The maximum atomic E-state index is 12.8. The lowest BCUT2D eigenvalue weighted by atomic mass is 9.73. The Labute approximate surface area is 137 Å². The summed E-state index contributed by atoms with van der Waals surface area (Å²) >= 11 is 0. The van der Waals surface area contributed by atoms with Crippen LogP contribution in [-0.2, 0) is 9.59 Å². The van der Waals surface area contributed by atoms with E-state index < -0.39 is 11.6 Å². The maximum Gasteiger partial charge on any atom is 0.325 e. The van der Waals surface area contributed by atoms with Crippen molar-refractivity contribution >= 4 is 17.8 Å². The summed E-state index contributed by atoms with van der Waals surface area (Å²) in [7, 11) is 0. The molecule has 0 aromatic rings. The molecule has 0 radical (unpaired) electrons. The predicted octanol–water partition coefficient (Wildman–Crippen LogP) is 1.69. The summed E-state index contributed by atoms with van der Waals surface area (Å²) in [5.41, 5.74) is -0.822. The molecule has 6 nitrogen and oxygen atoms in total. The Morgan fingerprint density at radius 2 is 2.00 bits per heavy atom. The molecular formula is C17H25N3O3. The van der Waals surface area contributed by atoms with Crippen molar-refractivity contribution in [1.29, 1.82) is 0 Å². The number of urea groups is 1. The highest BCUT2D eigenvalue weighted by Gasteiger charge is 2.55. The van der Waals surface area contributed by atoms with Crippen LogP contribution in [-0.4, -0.2) is 52.8 Å². The van der Waals surface area contributed by atoms with Crippen molar-refractivity contribution in [2.24, 2.45) is 5.92 Å². The first kappa shape index (κ1) is 17.2. The van der Waals surface area contributed by atoms with Crippen molar-refractivity contribution in [2.75, 3.05) is 19.6 Å². The number of rotatable bonds is 6. The summed E-state index contributed by atoms with van der Waals surface area (Å²) < 4.78 is 0. The van der Waals surface area contributed by atoms with E-state index in [1.54, 1.807) is 12.2 Å². The minimum Gasteiger partial charge on any atom is -0.334 e. The second-order valence-corrected chi connectivity index (χ2v) is 6.32. The Morgan fingerprint density at radius 1 is 1.35 bits per heavy atom. The van der Waals surface area contributed by atoms with Gasteiger partial charge in [-0.1, -0.05) is 31.9 Å². The number of imide groups is 1. The third kappa shape index (κ3) is 3.16. The zero-order chi connectivity index (χ0) is 17.0. The molecule has 1 heterocycles. The van der Waals surface area contributed by atoms with Crippen LogP contribution in [0, 0.1) is 5.92 Å². The summed E-state index contributed by atoms with van der Waals surface area (Å²) in [6.45, 7) is 9.70. The van der Waals surface area contributed by atoms with Gasteiger partial charge in [0.2, 0.25) is 5.91 Å². The van der Waals surface area contributed by atoms with Crippen LogP contribution in [0.2, 0.25) is 0 Å². The van der Waals surface area contributed by atoms with Gasteiger partial charge in [0.25, 0.3) is 5.91 Å². The van der Waals surface area contributed by atoms with E-state index in [1.807, 2.05) is 6.92 Å². The average molecular weight is 319 g/mol. The first-order valence-electron chi connectivity index (χ1n) is 8.10. The van der Waals surface area contributed by atoms with Crippen LogP contribution < -0.4 is 5.32 Å². The molecule has 1 N–H and O–H groups in total. The van der Waals surface area contributed by atoms with Gasteiger partial charge in [0.1, 0.15) is 12.1 Å². The lowest BCUT2D eigenvalue weighted by Gasteiger charge is -2.36. The number of nitrogens with zero attached hydrogens (tertiary/aromatic N) is 2. The minimum atomic E-state index is -0.822. The Hall–Kier alpha value is -2.11. The lowest BCUT2D eigenvalue weighted by Crippen LogP contribution is -2.54. The zero-order valence-electron chi connectivity index (χ0n) is 13.7. The highest BCUT2D eigenvalue weighted by atomic mass is 16.2. The largest absolute Gasteiger partial charge is 0.334 e. The van der Waals surface area contributed by atoms with Gasteiger partial charge in [-0.15, -0.1) is 13.2 Å². The SMILES string of the molecule is C=CCN(CC=C)C(=O)CN1C(=O)NC2(CCCCC2C)C1=O. The van der Waals surface area contributed by atoms with Gasteiger partial charge < -0.3 is 10.2 Å². The van der Waals surface area contributed by atoms with Crippen LogP contribution in [0.4, 0.5) is 4.79 Å². The van der Waals surface area contributed by atoms with Crippen molar-refractivity contribution < 1.29 is 14.4 Å². The molecule has 2 fully saturated rings. The minimum absolute atomic E-state index is 0.0882. The number of carbonyl (C=O) groups is 3. The fourth-order valence-corrected chi connectivity index (χ4v) is 3.46. The van der Waals surface area contributed by atoms with E-state index in [9.17, 15) is 14.4 Å². The van der Waals surface area contributed by atoms with E-state index in [-0.39, 0.29) is 24.3 Å². The molecule has 2 aliphatic rings. The van der Waals surface area contributed by atoms with Crippen LogP contribution in [0.25, 0.3) is 0 Å². The molecule has 2 unspecified atom stereocenters. The van der Waals surface area contributed by atoms with Gasteiger partial charge >= 0.3 is 6.03 Å². The molecule has 126 valence electrons. The summed E-state index contributed by atoms with van der Waals surface area (Å²) in [6, 6.07) is -0.464. The van der Waals surface area contributed by atoms with Crippen molar-refractivity contribution in [3.8, 4) is 0 Å². The van der Waals surface area contributed by atoms with E-state index in [2.05, 4.69) is 18.5 Å². The smallest absolute Gasteiger partial charge is 0.325 e. The summed E-state index contributed by atoms with van der Waals surface area (Å²) in [5, 5.41) is 2.85. The molecule has 2 atom stereocenters. The number of amides is 4. The van der Waals surface area contributed by atoms with Crippen LogP contribution in [0.15, 0.2) is 25.3 Å². The third-order valence-corrected chi connectivity index (χ3v) is 4.85. The van der Waals surface area contributed by atoms with Crippen molar-refractivity contribution in [3.05, 3.63) is 25.3 Å². The van der Waals surface area contributed by atoms with Gasteiger partial charge in [-0.3, -0.25) is 14.5 Å². The van der Waals surface area contributed by atoms with E-state index >= 15 is 0 Å². The number of nitrogens with one attached hydrogen (secondary N) is 1. The Kier molecular flexibility index (Phi) is 5.23. The van der Waals surface area contributed by atoms with Gasteiger partial charge in [0, 0.05) is 13.1 Å². The first-order valence-corrected chi connectivity index (χ1v) is 8.10. The lowest BCUT2D eigenvalue weighted by molar-refractivity contribution is -0.140. The molecule has 23 heavy (non-hydrogen) atoms. The molecule has 0 aromatic carbocycles. The molecule has 1 aliphatic heterocycles.